The second-order valence-corrected chi connectivity index (χ2v) is 7.35. The van der Waals surface area contributed by atoms with Crippen LogP contribution in [-0.2, 0) is 0 Å². The Morgan fingerprint density at radius 3 is 2.80 bits per heavy atom. The number of nitro groups is 1. The van der Waals surface area contributed by atoms with Crippen LogP contribution in [0.1, 0.15) is 40.6 Å². The number of anilines is 1. The maximum atomic E-state index is 11.7. The Bertz CT molecular complexity index is 907. The molecule has 5 heteroatoms. The molecule has 1 heterocycles. The molecule has 3 atom stereocenters. The summed E-state index contributed by atoms with van der Waals surface area (Å²) >= 11 is 6.18. The van der Waals surface area contributed by atoms with E-state index in [2.05, 4.69) is 24.4 Å². The zero-order chi connectivity index (χ0) is 17.7. The summed E-state index contributed by atoms with van der Waals surface area (Å²) in [6.45, 7) is 4.00. The molecule has 0 amide bonds. The van der Waals surface area contributed by atoms with Gasteiger partial charge in [-0.3, -0.25) is 10.1 Å². The lowest BCUT2D eigenvalue weighted by molar-refractivity contribution is -0.384. The minimum Gasteiger partial charge on any atom is -0.372 e. The number of fused-ring (bicyclic) bond motifs is 3. The molecular formula is C20H19ClN2O2. The summed E-state index contributed by atoms with van der Waals surface area (Å²) < 4.78 is 0. The van der Waals surface area contributed by atoms with Crippen molar-refractivity contribution in [1.82, 2.24) is 0 Å². The van der Waals surface area contributed by atoms with E-state index in [1.165, 1.54) is 0 Å². The van der Waals surface area contributed by atoms with Crippen LogP contribution in [0.2, 0.25) is 5.02 Å². The summed E-state index contributed by atoms with van der Waals surface area (Å²) in [6, 6.07) is 9.45. The first-order chi connectivity index (χ1) is 12.0. The molecule has 0 spiro atoms. The Morgan fingerprint density at radius 2 is 2.08 bits per heavy atom. The highest BCUT2D eigenvalue weighted by Gasteiger charge is 2.41. The molecule has 0 saturated heterocycles. The molecule has 0 radical (unpaired) electrons. The van der Waals surface area contributed by atoms with Gasteiger partial charge in [0.15, 0.2) is 0 Å². The van der Waals surface area contributed by atoms with Crippen molar-refractivity contribution in [3.63, 3.8) is 0 Å². The number of nitrogens with zero attached hydrogens (tertiary/aromatic N) is 1. The standard InChI is InChI=1S/C20H19ClN2O2/c1-11-9-17(23(24)25)20-18(12(11)2)15-7-4-8-16(15)19(22-20)13-5-3-6-14(21)10-13/h3-7,9-10,15-16,19,22H,8H2,1-2H3/t15-,16+,19-/m0/s1. The van der Waals surface area contributed by atoms with Crippen LogP contribution >= 0.6 is 11.6 Å². The highest BCUT2D eigenvalue weighted by atomic mass is 35.5. The van der Waals surface area contributed by atoms with Gasteiger partial charge < -0.3 is 5.32 Å². The van der Waals surface area contributed by atoms with Gasteiger partial charge in [-0.1, -0.05) is 35.9 Å². The van der Waals surface area contributed by atoms with Gasteiger partial charge >= 0.3 is 0 Å². The van der Waals surface area contributed by atoms with E-state index >= 15 is 0 Å². The van der Waals surface area contributed by atoms with E-state index in [0.29, 0.717) is 16.6 Å². The van der Waals surface area contributed by atoms with Crippen LogP contribution in [0.25, 0.3) is 0 Å². The number of halogens is 1. The lowest BCUT2D eigenvalue weighted by atomic mass is 9.74. The van der Waals surface area contributed by atoms with E-state index in [-0.39, 0.29) is 22.6 Å². The third-order valence-corrected chi connectivity index (χ3v) is 5.79. The topological polar surface area (TPSA) is 55.2 Å². The fourth-order valence-corrected chi connectivity index (χ4v) is 4.45. The normalized spacial score (nSPS) is 23.7. The molecular weight excluding hydrogens is 336 g/mol. The summed E-state index contributed by atoms with van der Waals surface area (Å²) in [5, 5.41) is 15.8. The van der Waals surface area contributed by atoms with Crippen LogP contribution in [0.5, 0.6) is 0 Å². The molecule has 0 unspecified atom stereocenters. The summed E-state index contributed by atoms with van der Waals surface area (Å²) in [6.07, 6.45) is 5.35. The van der Waals surface area contributed by atoms with E-state index < -0.39 is 0 Å². The fourth-order valence-electron chi connectivity index (χ4n) is 4.25. The van der Waals surface area contributed by atoms with Gasteiger partial charge in [-0.2, -0.15) is 0 Å². The number of benzene rings is 2. The predicted molar refractivity (Wildman–Crippen MR) is 100 cm³/mol. The van der Waals surface area contributed by atoms with Crippen molar-refractivity contribution >= 4 is 23.0 Å². The first-order valence-corrected chi connectivity index (χ1v) is 8.82. The average Bonchev–Trinajstić information content (AvgIpc) is 3.06. The monoisotopic (exact) mass is 354 g/mol. The number of hydrogen-bond acceptors (Lipinski definition) is 3. The first kappa shape index (κ1) is 16.2. The molecule has 0 aromatic heterocycles. The molecule has 0 fully saturated rings. The van der Waals surface area contributed by atoms with Gasteiger partial charge in [0.25, 0.3) is 5.69 Å². The quantitative estimate of drug-likeness (QED) is 0.428. The average molecular weight is 355 g/mol. The van der Waals surface area contributed by atoms with Crippen LogP contribution in [-0.4, -0.2) is 4.92 Å². The first-order valence-electron chi connectivity index (χ1n) is 8.44. The molecule has 25 heavy (non-hydrogen) atoms. The lowest BCUT2D eigenvalue weighted by Crippen LogP contribution is -2.30. The van der Waals surface area contributed by atoms with Gasteiger partial charge in [-0.15, -0.1) is 0 Å². The molecule has 128 valence electrons. The second kappa shape index (κ2) is 5.88. The van der Waals surface area contributed by atoms with E-state index in [1.54, 1.807) is 6.07 Å². The minimum atomic E-state index is -0.285. The molecule has 2 aliphatic rings. The van der Waals surface area contributed by atoms with E-state index in [0.717, 1.165) is 28.7 Å². The molecule has 4 nitrogen and oxygen atoms in total. The van der Waals surface area contributed by atoms with Crippen molar-refractivity contribution in [3.8, 4) is 0 Å². The zero-order valence-corrected chi connectivity index (χ0v) is 14.9. The molecule has 2 aromatic rings. The molecule has 1 aliphatic heterocycles. The maximum absolute atomic E-state index is 11.7. The van der Waals surface area contributed by atoms with Crippen LogP contribution in [0.4, 0.5) is 11.4 Å². The van der Waals surface area contributed by atoms with Crippen molar-refractivity contribution in [2.75, 3.05) is 5.32 Å². The Kier molecular flexibility index (Phi) is 3.80. The zero-order valence-electron chi connectivity index (χ0n) is 14.1. The van der Waals surface area contributed by atoms with Crippen molar-refractivity contribution in [3.05, 3.63) is 79.9 Å². The second-order valence-electron chi connectivity index (χ2n) is 6.91. The van der Waals surface area contributed by atoms with Crippen LogP contribution in [0.3, 0.4) is 0 Å². The number of rotatable bonds is 2. The number of hydrogen-bond donors (Lipinski definition) is 1. The Hall–Kier alpha value is -2.33. The largest absolute Gasteiger partial charge is 0.372 e. The van der Waals surface area contributed by atoms with Crippen molar-refractivity contribution in [2.24, 2.45) is 5.92 Å². The Labute approximate surface area is 151 Å². The Morgan fingerprint density at radius 1 is 1.28 bits per heavy atom. The number of allylic oxidation sites excluding steroid dienone is 2. The lowest BCUT2D eigenvalue weighted by Gasteiger charge is -2.38. The molecule has 4 rings (SSSR count). The third kappa shape index (κ3) is 2.52. The minimum absolute atomic E-state index is 0.00649. The molecule has 0 bridgehead atoms. The smallest absolute Gasteiger partial charge is 0.292 e. The van der Waals surface area contributed by atoms with E-state index in [1.807, 2.05) is 31.2 Å². The molecule has 1 aliphatic carbocycles. The van der Waals surface area contributed by atoms with Crippen molar-refractivity contribution < 1.29 is 4.92 Å². The number of aryl methyl sites for hydroxylation is 1. The van der Waals surface area contributed by atoms with Crippen LogP contribution in [0, 0.1) is 29.9 Å². The Balaban J connectivity index is 1.92. The predicted octanol–water partition coefficient (Wildman–Crippen LogP) is 5.69. The summed E-state index contributed by atoms with van der Waals surface area (Å²) in [4.78, 5) is 11.4. The van der Waals surface area contributed by atoms with Gasteiger partial charge in [0.05, 0.1) is 11.0 Å². The number of nitrogens with one attached hydrogen (secondary N) is 1. The molecule has 0 saturated carbocycles. The van der Waals surface area contributed by atoms with Crippen LogP contribution < -0.4 is 5.32 Å². The van der Waals surface area contributed by atoms with Gasteiger partial charge in [0.1, 0.15) is 5.69 Å². The van der Waals surface area contributed by atoms with Crippen LogP contribution in [0.15, 0.2) is 42.5 Å². The van der Waals surface area contributed by atoms with Gasteiger partial charge in [0.2, 0.25) is 0 Å². The van der Waals surface area contributed by atoms with Gasteiger partial charge in [0, 0.05) is 17.0 Å². The molecule has 1 N–H and O–H groups in total. The summed E-state index contributed by atoms with van der Waals surface area (Å²) in [5.41, 5.74) is 5.06. The van der Waals surface area contributed by atoms with Crippen molar-refractivity contribution in [2.45, 2.75) is 32.2 Å². The highest BCUT2D eigenvalue weighted by molar-refractivity contribution is 6.30. The summed E-state index contributed by atoms with van der Waals surface area (Å²) in [5.74, 6) is 0.532. The van der Waals surface area contributed by atoms with Crippen molar-refractivity contribution in [1.29, 1.82) is 0 Å². The van der Waals surface area contributed by atoms with Gasteiger partial charge in [-0.25, -0.2) is 0 Å². The number of nitro benzene ring substituents is 1. The van der Waals surface area contributed by atoms with E-state index in [4.69, 9.17) is 11.6 Å². The highest BCUT2D eigenvalue weighted by Crippen LogP contribution is 2.53. The molecule has 2 aromatic carbocycles. The maximum Gasteiger partial charge on any atom is 0.292 e. The van der Waals surface area contributed by atoms with E-state index in [9.17, 15) is 10.1 Å². The fraction of sp³-hybridized carbons (Fsp3) is 0.300. The SMILES string of the molecule is Cc1cc([N+](=O)[O-])c2c(c1C)[C@H]1C=CC[C@H]1[C@H](c1cccc(Cl)c1)N2. The van der Waals surface area contributed by atoms with Gasteiger partial charge in [-0.05, 0) is 60.6 Å². The third-order valence-electron chi connectivity index (χ3n) is 5.55. The summed E-state index contributed by atoms with van der Waals surface area (Å²) in [7, 11) is 0.